The van der Waals surface area contributed by atoms with Gasteiger partial charge < -0.3 is 4.42 Å². The van der Waals surface area contributed by atoms with Gasteiger partial charge in [-0.3, -0.25) is 0 Å². The highest BCUT2D eigenvalue weighted by Gasteiger charge is 2.22. The van der Waals surface area contributed by atoms with Crippen LogP contribution in [-0.2, 0) is 7.05 Å². The van der Waals surface area contributed by atoms with E-state index < -0.39 is 0 Å². The van der Waals surface area contributed by atoms with E-state index in [1.165, 1.54) is 0 Å². The number of fused-ring (bicyclic) bond motifs is 3. The average molecular weight is 456 g/mol. The molecule has 0 unspecified atom stereocenters. The summed E-state index contributed by atoms with van der Waals surface area (Å²) < 4.78 is 44.0. The summed E-state index contributed by atoms with van der Waals surface area (Å²) in [5.41, 5.74) is 5.24. The van der Waals surface area contributed by atoms with Gasteiger partial charge in [-0.2, -0.15) is 5.26 Å². The summed E-state index contributed by atoms with van der Waals surface area (Å²) >= 11 is 0. The molecule has 3 heteroatoms. The van der Waals surface area contributed by atoms with Gasteiger partial charge in [0.1, 0.15) is 18.2 Å². The molecular formula is C32H23N2O+. The SMILES string of the molecule is [2H]c1c([2H])c(-c2c(C#N)ccc3c2oc2c(-c4cccc[n+]4C)c(C)ccc23)c([2H])c([2H])c1-c1ccccc1. The predicted octanol–water partition coefficient (Wildman–Crippen LogP) is 7.59. The highest BCUT2D eigenvalue weighted by Crippen LogP contribution is 2.42. The fourth-order valence-electron chi connectivity index (χ4n) is 4.63. The standard InChI is InChI=1S/C32H23N2O/c1-21-11-17-26-27-18-16-25(20-33)30(24-14-12-23(13-15-24)22-8-4-3-5-9-22)32(27)35-31(26)29(21)28-10-6-7-19-34(28)2/h3-19H,1-2H3/q+1/i12D,13D,14D,15D. The van der Waals surface area contributed by atoms with Crippen LogP contribution in [0.4, 0.5) is 0 Å². The molecule has 35 heavy (non-hydrogen) atoms. The van der Waals surface area contributed by atoms with Gasteiger partial charge in [0.05, 0.1) is 22.7 Å². The van der Waals surface area contributed by atoms with Gasteiger partial charge in [0.15, 0.2) is 6.20 Å². The number of hydrogen-bond donors (Lipinski definition) is 0. The minimum Gasteiger partial charge on any atom is -0.454 e. The molecular weight excluding hydrogens is 428 g/mol. The molecule has 0 radical (unpaired) electrons. The third-order valence-corrected chi connectivity index (χ3v) is 6.39. The Morgan fingerprint density at radius 3 is 2.11 bits per heavy atom. The molecule has 0 saturated heterocycles. The normalized spacial score (nSPS) is 12.7. The number of furan rings is 1. The molecule has 4 aromatic carbocycles. The van der Waals surface area contributed by atoms with Crippen LogP contribution in [0.5, 0.6) is 0 Å². The molecule has 3 nitrogen and oxygen atoms in total. The highest BCUT2D eigenvalue weighted by atomic mass is 16.3. The van der Waals surface area contributed by atoms with Crippen molar-refractivity contribution in [3.8, 4) is 39.6 Å². The van der Waals surface area contributed by atoms with Crippen LogP contribution < -0.4 is 4.57 Å². The van der Waals surface area contributed by atoms with E-state index in [0.29, 0.717) is 16.7 Å². The highest BCUT2D eigenvalue weighted by molar-refractivity contribution is 6.14. The van der Waals surface area contributed by atoms with Crippen LogP contribution in [0, 0.1) is 18.3 Å². The van der Waals surface area contributed by atoms with Crippen LogP contribution >= 0.6 is 0 Å². The van der Waals surface area contributed by atoms with Gasteiger partial charge in [0.25, 0.3) is 0 Å². The Kier molecular flexibility index (Phi) is 3.98. The average Bonchev–Trinajstić information content (AvgIpc) is 3.32. The third-order valence-electron chi connectivity index (χ3n) is 6.39. The van der Waals surface area contributed by atoms with Gasteiger partial charge in [-0.05, 0) is 47.4 Å². The Hall–Kier alpha value is -4.68. The molecule has 0 spiro atoms. The first-order valence-corrected chi connectivity index (χ1v) is 11.3. The summed E-state index contributed by atoms with van der Waals surface area (Å²) in [4.78, 5) is 0. The lowest BCUT2D eigenvalue weighted by Gasteiger charge is -2.07. The smallest absolute Gasteiger partial charge is 0.216 e. The maximum atomic E-state index is 10.1. The van der Waals surface area contributed by atoms with Gasteiger partial charge >= 0.3 is 0 Å². The Balaban J connectivity index is 1.73. The number of nitrogens with zero attached hydrogens (tertiary/aromatic N) is 2. The van der Waals surface area contributed by atoms with Crippen molar-refractivity contribution in [1.82, 2.24) is 0 Å². The number of pyridine rings is 1. The van der Waals surface area contributed by atoms with Crippen LogP contribution in [0.25, 0.3) is 55.4 Å². The van der Waals surface area contributed by atoms with Gasteiger partial charge in [-0.15, -0.1) is 0 Å². The molecule has 2 aromatic heterocycles. The Morgan fingerprint density at radius 1 is 0.743 bits per heavy atom. The molecule has 0 atom stereocenters. The zero-order valence-corrected chi connectivity index (χ0v) is 19.3. The van der Waals surface area contributed by atoms with Crippen LogP contribution in [0.3, 0.4) is 0 Å². The lowest BCUT2D eigenvalue weighted by molar-refractivity contribution is -0.660. The largest absolute Gasteiger partial charge is 0.454 e. The van der Waals surface area contributed by atoms with Crippen molar-refractivity contribution in [1.29, 1.82) is 5.26 Å². The second kappa shape index (κ2) is 8.27. The number of aromatic nitrogens is 1. The molecule has 0 aliphatic heterocycles. The molecule has 166 valence electrons. The maximum Gasteiger partial charge on any atom is 0.216 e. The van der Waals surface area contributed by atoms with Gasteiger partial charge in [0, 0.05) is 28.5 Å². The molecule has 0 bridgehead atoms. The van der Waals surface area contributed by atoms with Crippen LogP contribution in [-0.4, -0.2) is 0 Å². The maximum absolute atomic E-state index is 10.1. The zero-order valence-electron chi connectivity index (χ0n) is 23.3. The molecule has 0 aliphatic rings. The van der Waals surface area contributed by atoms with Crippen molar-refractivity contribution in [2.75, 3.05) is 0 Å². The lowest BCUT2D eigenvalue weighted by Crippen LogP contribution is -2.30. The lowest BCUT2D eigenvalue weighted by atomic mass is 9.95. The van der Waals surface area contributed by atoms with Gasteiger partial charge in [-0.1, -0.05) is 66.6 Å². The number of rotatable bonds is 3. The van der Waals surface area contributed by atoms with E-state index in [2.05, 4.69) is 6.07 Å². The molecule has 0 fully saturated rings. The zero-order chi connectivity index (χ0) is 27.4. The van der Waals surface area contributed by atoms with Crippen LogP contribution in [0.15, 0.2) is 108 Å². The summed E-state index contributed by atoms with van der Waals surface area (Å²) in [7, 11) is 1.97. The first kappa shape index (κ1) is 16.9. The predicted molar refractivity (Wildman–Crippen MR) is 141 cm³/mol. The van der Waals surface area contributed by atoms with Crippen molar-refractivity contribution in [2.45, 2.75) is 6.92 Å². The van der Waals surface area contributed by atoms with E-state index in [4.69, 9.17) is 9.90 Å². The van der Waals surface area contributed by atoms with E-state index in [1.807, 2.05) is 67.2 Å². The molecule has 2 heterocycles. The second-order valence-electron chi connectivity index (χ2n) is 8.53. The Morgan fingerprint density at radius 2 is 1.40 bits per heavy atom. The van der Waals surface area contributed by atoms with E-state index in [0.717, 1.165) is 27.6 Å². The van der Waals surface area contributed by atoms with Crippen molar-refractivity contribution in [2.24, 2.45) is 7.05 Å². The van der Waals surface area contributed by atoms with E-state index >= 15 is 0 Å². The number of nitriles is 1. The van der Waals surface area contributed by atoms with Crippen molar-refractivity contribution < 1.29 is 14.5 Å². The van der Waals surface area contributed by atoms with E-state index in [-0.39, 0.29) is 46.4 Å². The monoisotopic (exact) mass is 455 g/mol. The molecule has 0 saturated carbocycles. The summed E-state index contributed by atoms with van der Waals surface area (Å²) in [6.07, 6.45) is 1.97. The Labute approximate surface area is 209 Å². The van der Waals surface area contributed by atoms with E-state index in [9.17, 15) is 5.26 Å². The van der Waals surface area contributed by atoms with Crippen molar-refractivity contribution in [3.05, 3.63) is 114 Å². The second-order valence-corrected chi connectivity index (χ2v) is 8.53. The molecule has 6 rings (SSSR count). The molecule has 0 N–H and O–H groups in total. The van der Waals surface area contributed by atoms with Crippen LogP contribution in [0.1, 0.15) is 16.6 Å². The minimum atomic E-state index is -0.217. The molecule has 6 aromatic rings. The molecule has 0 aliphatic carbocycles. The topological polar surface area (TPSA) is 40.8 Å². The van der Waals surface area contributed by atoms with Crippen LogP contribution in [0.2, 0.25) is 0 Å². The first-order valence-electron chi connectivity index (χ1n) is 13.3. The summed E-state index contributed by atoms with van der Waals surface area (Å²) in [6, 6.07) is 23.8. The molecule has 0 amide bonds. The number of aryl methyl sites for hydroxylation is 2. The quantitative estimate of drug-likeness (QED) is 0.258. The van der Waals surface area contributed by atoms with Gasteiger partial charge in [-0.25, -0.2) is 4.57 Å². The van der Waals surface area contributed by atoms with E-state index in [1.54, 1.807) is 30.3 Å². The number of hydrogen-bond acceptors (Lipinski definition) is 2. The summed E-state index contributed by atoms with van der Waals surface area (Å²) in [6.45, 7) is 2.02. The first-order chi connectivity index (χ1) is 18.8. The van der Waals surface area contributed by atoms with Gasteiger partial charge in [0.2, 0.25) is 5.69 Å². The fourth-order valence-corrected chi connectivity index (χ4v) is 4.63. The number of benzene rings is 4. The minimum absolute atomic E-state index is 0.0504. The summed E-state index contributed by atoms with van der Waals surface area (Å²) in [5.74, 6) is 0. The van der Waals surface area contributed by atoms with Crippen molar-refractivity contribution >= 4 is 21.9 Å². The fraction of sp³-hybridized carbons (Fsp3) is 0.0625. The Bertz CT molecular complexity index is 1960. The third kappa shape index (κ3) is 3.39. The van der Waals surface area contributed by atoms with Crippen molar-refractivity contribution in [3.63, 3.8) is 0 Å². The summed E-state index contributed by atoms with van der Waals surface area (Å²) in [5, 5.41) is 11.7.